The van der Waals surface area contributed by atoms with Crippen LogP contribution in [0.1, 0.15) is 51.3 Å². The minimum Gasteiger partial charge on any atom is -0.493 e. The summed E-state index contributed by atoms with van der Waals surface area (Å²) in [5.74, 6) is 0.149. The van der Waals surface area contributed by atoms with Crippen LogP contribution in [-0.2, 0) is 16.0 Å². The van der Waals surface area contributed by atoms with Crippen LogP contribution in [0.4, 0.5) is 0 Å². The van der Waals surface area contributed by atoms with Crippen LogP contribution in [0.2, 0.25) is 0 Å². The summed E-state index contributed by atoms with van der Waals surface area (Å²) in [4.78, 5) is 61.9. The molecule has 4 amide bonds. The molecule has 0 aliphatic carbocycles. The van der Waals surface area contributed by atoms with Crippen LogP contribution in [0.25, 0.3) is 0 Å². The van der Waals surface area contributed by atoms with Gasteiger partial charge >= 0.3 is 0 Å². The van der Waals surface area contributed by atoms with Crippen molar-refractivity contribution in [2.45, 2.75) is 44.2 Å². The van der Waals surface area contributed by atoms with Gasteiger partial charge in [0.2, 0.25) is 17.7 Å². The fraction of sp³-hybridized carbons (Fsp3) is 0.424. The SMILES string of the molecule is COc1cc(C(=O)N2C[C@@H]3C[C@H]2C(=O)NCCCCN(C(=O)Cc2cccs2)CCCNC(=O)c2ccc(OC)c(c2)O3)ccn1. The lowest BCUT2D eigenvalue weighted by Gasteiger charge is -2.24. The molecular formula is C33H39N5O7S. The van der Waals surface area contributed by atoms with Crippen molar-refractivity contribution in [3.05, 3.63) is 70.0 Å². The highest BCUT2D eigenvalue weighted by molar-refractivity contribution is 7.10. The molecule has 0 radical (unpaired) electrons. The second-order valence-corrected chi connectivity index (χ2v) is 12.2. The average molecular weight is 650 g/mol. The zero-order valence-electron chi connectivity index (χ0n) is 26.0. The van der Waals surface area contributed by atoms with Crippen molar-refractivity contribution < 1.29 is 33.4 Å². The van der Waals surface area contributed by atoms with Gasteiger partial charge in [-0.05, 0) is 55.0 Å². The van der Waals surface area contributed by atoms with E-state index in [9.17, 15) is 19.2 Å². The molecule has 1 fully saturated rings. The first-order valence-corrected chi connectivity index (χ1v) is 16.3. The van der Waals surface area contributed by atoms with Gasteiger partial charge in [0.25, 0.3) is 11.8 Å². The highest BCUT2D eigenvalue weighted by Gasteiger charge is 2.41. The number of likely N-dealkylation sites (tertiary alicyclic amines) is 1. The number of fused-ring (bicyclic) bond motifs is 4. The second-order valence-electron chi connectivity index (χ2n) is 11.1. The van der Waals surface area contributed by atoms with E-state index in [1.807, 2.05) is 22.4 Å². The van der Waals surface area contributed by atoms with Crippen LogP contribution < -0.4 is 24.8 Å². The molecule has 2 N–H and O–H groups in total. The van der Waals surface area contributed by atoms with Gasteiger partial charge in [0.15, 0.2) is 11.5 Å². The fourth-order valence-corrected chi connectivity index (χ4v) is 6.33. The first-order valence-electron chi connectivity index (χ1n) is 15.4. The Morgan fingerprint density at radius 1 is 1.02 bits per heavy atom. The number of pyridine rings is 1. The molecule has 5 rings (SSSR count). The number of ether oxygens (including phenoxy) is 3. The Kier molecular flexibility index (Phi) is 11.1. The number of carbonyl (C=O) groups excluding carboxylic acids is 4. The molecule has 1 saturated heterocycles. The van der Waals surface area contributed by atoms with E-state index in [0.29, 0.717) is 74.5 Å². The molecule has 1 aromatic carbocycles. The smallest absolute Gasteiger partial charge is 0.254 e. The lowest BCUT2D eigenvalue weighted by molar-refractivity contribution is -0.130. The van der Waals surface area contributed by atoms with Gasteiger partial charge in [-0.25, -0.2) is 4.98 Å². The summed E-state index contributed by atoms with van der Waals surface area (Å²) < 4.78 is 17.0. The summed E-state index contributed by atoms with van der Waals surface area (Å²) in [5.41, 5.74) is 0.715. The summed E-state index contributed by atoms with van der Waals surface area (Å²) in [6.45, 7) is 1.95. The maximum absolute atomic E-state index is 13.7. The molecule has 0 unspecified atom stereocenters. The number of methoxy groups -OCH3 is 2. The standard InChI is InChI=1S/C33H39N5O7S/c1-43-27-9-8-22-17-28(27)45-24-19-26(38(21-24)33(42)23-10-13-34-29(18-23)44-2)32(41)36-11-3-4-14-37(15-6-12-35-31(22)40)30(39)20-25-7-5-16-46-25/h5,7-10,13,16-18,24,26H,3-4,6,11-12,14-15,19-21H2,1-2H3,(H,35,40)(H,36,41)/t24-,26-/m0/s1. The van der Waals surface area contributed by atoms with Gasteiger partial charge in [0, 0.05) is 60.9 Å². The third-order valence-corrected chi connectivity index (χ3v) is 8.92. The highest BCUT2D eigenvalue weighted by Crippen LogP contribution is 2.32. The monoisotopic (exact) mass is 649 g/mol. The van der Waals surface area contributed by atoms with Gasteiger partial charge in [-0.1, -0.05) is 6.07 Å². The van der Waals surface area contributed by atoms with Gasteiger partial charge in [-0.15, -0.1) is 11.3 Å². The van der Waals surface area contributed by atoms with E-state index in [0.717, 1.165) is 4.88 Å². The van der Waals surface area contributed by atoms with Crippen molar-refractivity contribution in [3.63, 3.8) is 0 Å². The van der Waals surface area contributed by atoms with E-state index in [-0.39, 0.29) is 42.5 Å². The van der Waals surface area contributed by atoms with E-state index >= 15 is 0 Å². The van der Waals surface area contributed by atoms with E-state index < -0.39 is 12.1 Å². The molecule has 2 aromatic heterocycles. The Labute approximate surface area is 272 Å². The van der Waals surface area contributed by atoms with Crippen LogP contribution in [0.15, 0.2) is 54.0 Å². The number of nitrogens with zero attached hydrogens (tertiary/aromatic N) is 3. The first kappa shape index (κ1) is 32.7. The largest absolute Gasteiger partial charge is 0.493 e. The Balaban J connectivity index is 1.37. The third kappa shape index (κ3) is 8.13. The molecule has 4 heterocycles. The van der Waals surface area contributed by atoms with E-state index in [2.05, 4.69) is 15.6 Å². The number of rotatable bonds is 5. The molecule has 244 valence electrons. The van der Waals surface area contributed by atoms with Crippen LogP contribution in [0.5, 0.6) is 17.4 Å². The maximum Gasteiger partial charge on any atom is 0.254 e. The van der Waals surface area contributed by atoms with Crippen molar-refractivity contribution >= 4 is 35.0 Å². The molecule has 3 aromatic rings. The number of carbonyl (C=O) groups is 4. The number of aromatic nitrogens is 1. The highest BCUT2D eigenvalue weighted by atomic mass is 32.1. The molecule has 0 spiro atoms. The second kappa shape index (κ2) is 15.6. The molecule has 12 nitrogen and oxygen atoms in total. The van der Waals surface area contributed by atoms with Gasteiger partial charge < -0.3 is 34.6 Å². The Morgan fingerprint density at radius 2 is 1.85 bits per heavy atom. The van der Waals surface area contributed by atoms with E-state index in [1.54, 1.807) is 35.6 Å². The molecular weight excluding hydrogens is 610 g/mol. The topological polar surface area (TPSA) is 139 Å². The van der Waals surface area contributed by atoms with Crippen LogP contribution in [0, 0.1) is 0 Å². The van der Waals surface area contributed by atoms with E-state index in [1.165, 1.54) is 31.4 Å². The molecule has 46 heavy (non-hydrogen) atoms. The van der Waals surface area contributed by atoms with Crippen molar-refractivity contribution in [3.8, 4) is 17.4 Å². The van der Waals surface area contributed by atoms with Gasteiger partial charge in [-0.2, -0.15) is 0 Å². The van der Waals surface area contributed by atoms with Crippen molar-refractivity contribution in [1.29, 1.82) is 0 Å². The van der Waals surface area contributed by atoms with Crippen molar-refractivity contribution in [1.82, 2.24) is 25.4 Å². The first-order chi connectivity index (χ1) is 22.4. The Morgan fingerprint density at radius 3 is 2.63 bits per heavy atom. The number of nitrogens with one attached hydrogen (secondary N) is 2. The summed E-state index contributed by atoms with van der Waals surface area (Å²) in [6.07, 6.45) is 3.43. The molecule has 4 bridgehead atoms. The Hall–Kier alpha value is -4.65. The summed E-state index contributed by atoms with van der Waals surface area (Å²) in [5, 5.41) is 7.89. The summed E-state index contributed by atoms with van der Waals surface area (Å²) >= 11 is 1.55. The molecule has 2 atom stereocenters. The van der Waals surface area contributed by atoms with Crippen molar-refractivity contribution in [2.24, 2.45) is 0 Å². The number of thiophene rings is 1. The fourth-order valence-electron chi connectivity index (χ4n) is 5.63. The van der Waals surface area contributed by atoms with Crippen LogP contribution in [-0.4, -0.2) is 97.5 Å². The number of benzene rings is 1. The maximum atomic E-state index is 13.7. The zero-order valence-corrected chi connectivity index (χ0v) is 26.8. The van der Waals surface area contributed by atoms with Crippen LogP contribution in [0.3, 0.4) is 0 Å². The average Bonchev–Trinajstić information content (AvgIpc) is 3.74. The normalized spacial score (nSPS) is 19.5. The lowest BCUT2D eigenvalue weighted by Crippen LogP contribution is -2.46. The summed E-state index contributed by atoms with van der Waals surface area (Å²) in [7, 11) is 2.97. The number of hydrogen-bond donors (Lipinski definition) is 2. The third-order valence-electron chi connectivity index (χ3n) is 8.04. The zero-order chi connectivity index (χ0) is 32.5. The summed E-state index contributed by atoms with van der Waals surface area (Å²) in [6, 6.07) is 11.1. The van der Waals surface area contributed by atoms with Crippen LogP contribution >= 0.6 is 11.3 Å². The molecule has 2 aliphatic rings. The molecule has 2 aliphatic heterocycles. The quantitative estimate of drug-likeness (QED) is 0.430. The number of hydrogen-bond acceptors (Lipinski definition) is 9. The number of amides is 4. The predicted octanol–water partition coefficient (Wildman–Crippen LogP) is 2.92. The van der Waals surface area contributed by atoms with Gasteiger partial charge in [0.1, 0.15) is 12.1 Å². The molecule has 13 heteroatoms. The van der Waals surface area contributed by atoms with E-state index in [4.69, 9.17) is 14.2 Å². The van der Waals surface area contributed by atoms with Gasteiger partial charge in [-0.3, -0.25) is 19.2 Å². The lowest BCUT2D eigenvalue weighted by atomic mass is 10.1. The molecule has 0 saturated carbocycles. The minimum atomic E-state index is -0.792. The van der Waals surface area contributed by atoms with Crippen molar-refractivity contribution in [2.75, 3.05) is 46.9 Å². The predicted molar refractivity (Wildman–Crippen MR) is 171 cm³/mol. The Bertz CT molecular complexity index is 1530. The minimum absolute atomic E-state index is 0.0274. The van der Waals surface area contributed by atoms with Gasteiger partial charge in [0.05, 0.1) is 27.2 Å².